The minimum Gasteiger partial charge on any atom is -0.493 e. The number of likely N-dealkylation sites (tertiary alicyclic amines) is 1. The van der Waals surface area contributed by atoms with Gasteiger partial charge in [0.05, 0.1) is 14.2 Å². The first-order valence-electron chi connectivity index (χ1n) is 6.34. The maximum atomic E-state index is 12.5. The maximum absolute atomic E-state index is 12.5. The fourth-order valence-corrected chi connectivity index (χ4v) is 2.35. The molecule has 19 heavy (non-hydrogen) atoms. The van der Waals surface area contributed by atoms with E-state index in [0.717, 1.165) is 12.0 Å². The first kappa shape index (κ1) is 13.7. The summed E-state index contributed by atoms with van der Waals surface area (Å²) in [6, 6.07) is 3.65. The van der Waals surface area contributed by atoms with Gasteiger partial charge in [-0.1, -0.05) is 0 Å². The number of hydrogen-bond acceptors (Lipinski definition) is 4. The van der Waals surface area contributed by atoms with Crippen LogP contribution in [0.4, 0.5) is 0 Å². The fourth-order valence-electron chi connectivity index (χ4n) is 2.35. The number of carbonyl (C=O) groups excluding carboxylic acids is 1. The second-order valence-electron chi connectivity index (χ2n) is 4.82. The molecule has 0 radical (unpaired) electrons. The van der Waals surface area contributed by atoms with Crippen LogP contribution in [-0.2, 0) is 0 Å². The highest BCUT2D eigenvalue weighted by molar-refractivity contribution is 5.96. The molecule has 0 bridgehead atoms. The molecule has 1 fully saturated rings. The number of methoxy groups -OCH3 is 2. The molecule has 1 amide bonds. The highest BCUT2D eigenvalue weighted by atomic mass is 16.5. The average Bonchev–Trinajstić information content (AvgIpc) is 2.84. The Bertz CT molecular complexity index is 488. The van der Waals surface area contributed by atoms with Crippen LogP contribution < -0.4 is 15.2 Å². The van der Waals surface area contributed by atoms with Crippen LogP contribution in [0.2, 0.25) is 0 Å². The molecule has 0 aromatic heterocycles. The van der Waals surface area contributed by atoms with Crippen molar-refractivity contribution in [3.63, 3.8) is 0 Å². The molecular formula is C14H20N2O3. The van der Waals surface area contributed by atoms with Gasteiger partial charge in [0.15, 0.2) is 11.5 Å². The molecule has 0 aliphatic carbocycles. The van der Waals surface area contributed by atoms with Gasteiger partial charge in [0.2, 0.25) is 0 Å². The van der Waals surface area contributed by atoms with Crippen LogP contribution in [0.25, 0.3) is 0 Å². The Morgan fingerprint density at radius 3 is 2.47 bits per heavy atom. The van der Waals surface area contributed by atoms with E-state index in [1.165, 1.54) is 0 Å². The zero-order chi connectivity index (χ0) is 14.0. The van der Waals surface area contributed by atoms with E-state index in [0.29, 0.717) is 30.2 Å². The Kier molecular flexibility index (Phi) is 3.95. The van der Waals surface area contributed by atoms with Gasteiger partial charge in [0.25, 0.3) is 5.91 Å². The number of benzene rings is 1. The quantitative estimate of drug-likeness (QED) is 0.890. The lowest BCUT2D eigenvalue weighted by atomic mass is 10.1. The number of ether oxygens (including phenoxy) is 2. The summed E-state index contributed by atoms with van der Waals surface area (Å²) >= 11 is 0. The van der Waals surface area contributed by atoms with Crippen LogP contribution >= 0.6 is 0 Å². The van der Waals surface area contributed by atoms with Crippen molar-refractivity contribution >= 4 is 5.91 Å². The first-order chi connectivity index (χ1) is 9.06. The van der Waals surface area contributed by atoms with Crippen molar-refractivity contribution in [2.45, 2.75) is 19.4 Å². The van der Waals surface area contributed by atoms with Crippen molar-refractivity contribution in [3.8, 4) is 11.5 Å². The maximum Gasteiger partial charge on any atom is 0.254 e. The Balaban J connectivity index is 2.31. The van der Waals surface area contributed by atoms with E-state index in [-0.39, 0.29) is 11.9 Å². The molecule has 0 saturated carbocycles. The van der Waals surface area contributed by atoms with E-state index in [1.807, 2.05) is 13.0 Å². The van der Waals surface area contributed by atoms with E-state index in [1.54, 1.807) is 25.2 Å². The number of rotatable bonds is 3. The molecule has 104 valence electrons. The summed E-state index contributed by atoms with van der Waals surface area (Å²) in [5.74, 6) is 1.21. The monoisotopic (exact) mass is 264 g/mol. The molecule has 2 rings (SSSR count). The average molecular weight is 264 g/mol. The Morgan fingerprint density at radius 1 is 1.32 bits per heavy atom. The van der Waals surface area contributed by atoms with Gasteiger partial charge in [-0.25, -0.2) is 0 Å². The second kappa shape index (κ2) is 5.48. The molecule has 0 spiro atoms. The third kappa shape index (κ3) is 2.66. The van der Waals surface area contributed by atoms with Gasteiger partial charge < -0.3 is 20.1 Å². The third-order valence-electron chi connectivity index (χ3n) is 3.47. The van der Waals surface area contributed by atoms with Crippen molar-refractivity contribution < 1.29 is 14.3 Å². The minimum atomic E-state index is 0.00593. The molecule has 2 N–H and O–H groups in total. The molecule has 1 aromatic rings. The van der Waals surface area contributed by atoms with Gasteiger partial charge in [0.1, 0.15) is 0 Å². The van der Waals surface area contributed by atoms with E-state index < -0.39 is 0 Å². The molecule has 5 heteroatoms. The Hall–Kier alpha value is -1.75. The Morgan fingerprint density at radius 2 is 1.95 bits per heavy atom. The number of amides is 1. The zero-order valence-corrected chi connectivity index (χ0v) is 11.6. The van der Waals surface area contributed by atoms with Crippen molar-refractivity contribution in [1.29, 1.82) is 0 Å². The predicted molar refractivity (Wildman–Crippen MR) is 72.8 cm³/mol. The summed E-state index contributed by atoms with van der Waals surface area (Å²) in [6.45, 7) is 3.23. The van der Waals surface area contributed by atoms with Crippen molar-refractivity contribution in [3.05, 3.63) is 23.3 Å². The topological polar surface area (TPSA) is 64.8 Å². The predicted octanol–water partition coefficient (Wildman–Crippen LogP) is 1.19. The molecule has 1 aromatic carbocycles. The summed E-state index contributed by atoms with van der Waals surface area (Å²) in [5, 5.41) is 0. The molecule has 1 aliphatic heterocycles. The highest BCUT2D eigenvalue weighted by Gasteiger charge is 2.26. The van der Waals surface area contributed by atoms with E-state index >= 15 is 0 Å². The number of nitrogens with two attached hydrogens (primary N) is 1. The van der Waals surface area contributed by atoms with E-state index in [2.05, 4.69) is 0 Å². The standard InChI is InChI=1S/C14H20N2O3/c1-9-6-12(18-2)13(19-3)7-11(9)14(17)16-5-4-10(15)8-16/h6-7,10H,4-5,8,15H2,1-3H3/t10-/m0/s1. The van der Waals surface area contributed by atoms with Gasteiger partial charge in [0, 0.05) is 24.7 Å². The molecule has 1 saturated heterocycles. The first-order valence-corrected chi connectivity index (χ1v) is 6.34. The smallest absolute Gasteiger partial charge is 0.254 e. The van der Waals surface area contributed by atoms with Gasteiger partial charge in [-0.3, -0.25) is 4.79 Å². The summed E-state index contributed by atoms with van der Waals surface area (Å²) in [4.78, 5) is 14.2. The van der Waals surface area contributed by atoms with Crippen LogP contribution in [0, 0.1) is 6.92 Å². The minimum absolute atomic E-state index is 0.00593. The zero-order valence-electron chi connectivity index (χ0n) is 11.6. The summed E-state index contributed by atoms with van der Waals surface area (Å²) in [5.41, 5.74) is 7.37. The normalized spacial score (nSPS) is 18.5. The van der Waals surface area contributed by atoms with Crippen molar-refractivity contribution in [2.75, 3.05) is 27.3 Å². The van der Waals surface area contributed by atoms with Crippen LogP contribution in [0.15, 0.2) is 12.1 Å². The van der Waals surface area contributed by atoms with Crippen molar-refractivity contribution in [1.82, 2.24) is 4.90 Å². The number of aryl methyl sites for hydroxylation is 1. The van der Waals surface area contributed by atoms with Crippen LogP contribution in [0.1, 0.15) is 22.3 Å². The van der Waals surface area contributed by atoms with Gasteiger partial charge in [-0.15, -0.1) is 0 Å². The van der Waals surface area contributed by atoms with Gasteiger partial charge >= 0.3 is 0 Å². The molecule has 0 unspecified atom stereocenters. The lowest BCUT2D eigenvalue weighted by Gasteiger charge is -2.18. The van der Waals surface area contributed by atoms with Crippen LogP contribution in [-0.4, -0.2) is 44.2 Å². The second-order valence-corrected chi connectivity index (χ2v) is 4.82. The number of nitrogens with zero attached hydrogens (tertiary/aromatic N) is 1. The summed E-state index contributed by atoms with van der Waals surface area (Å²) in [6.07, 6.45) is 0.859. The summed E-state index contributed by atoms with van der Waals surface area (Å²) < 4.78 is 10.5. The van der Waals surface area contributed by atoms with Crippen LogP contribution in [0.5, 0.6) is 11.5 Å². The number of hydrogen-bond donors (Lipinski definition) is 1. The third-order valence-corrected chi connectivity index (χ3v) is 3.47. The lowest BCUT2D eigenvalue weighted by molar-refractivity contribution is 0.0789. The van der Waals surface area contributed by atoms with Crippen molar-refractivity contribution in [2.24, 2.45) is 5.73 Å². The number of carbonyl (C=O) groups is 1. The van der Waals surface area contributed by atoms with E-state index in [4.69, 9.17) is 15.2 Å². The van der Waals surface area contributed by atoms with Gasteiger partial charge in [-0.2, -0.15) is 0 Å². The Labute approximate surface area is 113 Å². The molecule has 5 nitrogen and oxygen atoms in total. The van der Waals surface area contributed by atoms with Gasteiger partial charge in [-0.05, 0) is 31.0 Å². The lowest BCUT2D eigenvalue weighted by Crippen LogP contribution is -2.32. The SMILES string of the molecule is COc1cc(C)c(C(=O)N2CC[C@H](N)C2)cc1OC. The molecule has 1 aliphatic rings. The van der Waals surface area contributed by atoms with E-state index in [9.17, 15) is 4.79 Å². The molecule has 1 heterocycles. The van der Waals surface area contributed by atoms with Crippen LogP contribution in [0.3, 0.4) is 0 Å². The summed E-state index contributed by atoms with van der Waals surface area (Å²) in [7, 11) is 3.14. The largest absolute Gasteiger partial charge is 0.493 e. The molecular weight excluding hydrogens is 244 g/mol. The molecule has 1 atom stereocenters. The fraction of sp³-hybridized carbons (Fsp3) is 0.500. The highest BCUT2D eigenvalue weighted by Crippen LogP contribution is 2.31.